The van der Waals surface area contributed by atoms with Crippen LogP contribution in [0.4, 0.5) is 0 Å². The van der Waals surface area contributed by atoms with Crippen molar-refractivity contribution in [2.24, 2.45) is 0 Å². The molecule has 0 aromatic heterocycles. The first-order valence-corrected chi connectivity index (χ1v) is 6.04. The number of likely N-dealkylation sites (N-methyl/N-ethyl adjacent to an activating group) is 1. The highest BCUT2D eigenvalue weighted by atomic mass is 16.5. The van der Waals surface area contributed by atoms with Gasteiger partial charge in [0.25, 0.3) is 0 Å². The molecule has 0 heterocycles. The molecule has 1 unspecified atom stereocenters. The van der Waals surface area contributed by atoms with Gasteiger partial charge < -0.3 is 15.2 Å². The van der Waals surface area contributed by atoms with Crippen LogP contribution in [0.1, 0.15) is 32.3 Å². The number of rotatable bonds is 6. The van der Waals surface area contributed by atoms with Gasteiger partial charge in [-0.2, -0.15) is 0 Å². The van der Waals surface area contributed by atoms with Crippen LogP contribution in [0, 0.1) is 0 Å². The molecule has 1 aromatic rings. The van der Waals surface area contributed by atoms with E-state index in [-0.39, 0.29) is 6.61 Å². The normalized spacial score (nSPS) is 14.3. The van der Waals surface area contributed by atoms with Gasteiger partial charge in [-0.15, -0.1) is 0 Å². The predicted octanol–water partition coefficient (Wildman–Crippen LogP) is 2.25. The molecule has 0 fully saturated rings. The first-order valence-electron chi connectivity index (χ1n) is 6.04. The predicted molar refractivity (Wildman–Crippen MR) is 71.1 cm³/mol. The molecule has 1 aromatic carbocycles. The third kappa shape index (κ3) is 3.47. The van der Waals surface area contributed by atoms with Gasteiger partial charge in [0, 0.05) is 0 Å². The van der Waals surface area contributed by atoms with E-state index in [1.807, 2.05) is 24.3 Å². The lowest BCUT2D eigenvalue weighted by Gasteiger charge is -2.24. The fourth-order valence-electron chi connectivity index (χ4n) is 1.43. The molecule has 18 heavy (non-hydrogen) atoms. The zero-order chi connectivity index (χ0) is 13.8. The Morgan fingerprint density at radius 2 is 2.17 bits per heavy atom. The molecule has 0 saturated carbocycles. The van der Waals surface area contributed by atoms with Gasteiger partial charge in [-0.05, 0) is 37.6 Å². The van der Waals surface area contributed by atoms with E-state index in [1.54, 1.807) is 14.0 Å². The van der Waals surface area contributed by atoms with Crippen LogP contribution in [0.2, 0.25) is 0 Å². The van der Waals surface area contributed by atoms with Crippen LogP contribution in [-0.4, -0.2) is 30.3 Å². The number of hydrogen-bond donors (Lipinski definition) is 2. The van der Waals surface area contributed by atoms with Gasteiger partial charge in [0.15, 0.2) is 0 Å². The van der Waals surface area contributed by atoms with Crippen LogP contribution in [0.15, 0.2) is 24.3 Å². The van der Waals surface area contributed by atoms with Crippen molar-refractivity contribution in [3.8, 4) is 5.75 Å². The number of hydrogen-bond acceptors (Lipinski definition) is 3. The smallest absolute Gasteiger partial charge is 0.327 e. The average Bonchev–Trinajstić information content (AvgIpc) is 2.36. The number of nitrogens with one attached hydrogen (secondary N) is 1. The second-order valence-electron chi connectivity index (χ2n) is 4.90. The number of carboxylic acid groups (broad SMARTS) is 1. The molecule has 0 aliphatic carbocycles. The molecule has 2 N–H and O–H groups in total. The highest BCUT2D eigenvalue weighted by Gasteiger charge is 2.32. The second kappa shape index (κ2) is 5.87. The fraction of sp³-hybridized carbons (Fsp3) is 0.500. The minimum absolute atomic E-state index is 0.0837. The largest absolute Gasteiger partial charge is 0.491 e. The van der Waals surface area contributed by atoms with E-state index >= 15 is 0 Å². The van der Waals surface area contributed by atoms with Gasteiger partial charge in [-0.25, -0.2) is 0 Å². The first-order chi connectivity index (χ1) is 8.39. The summed E-state index contributed by atoms with van der Waals surface area (Å²) in [4.78, 5) is 11.1. The third-order valence-corrected chi connectivity index (χ3v) is 3.08. The Balaban J connectivity index is 2.74. The van der Waals surface area contributed by atoms with Crippen molar-refractivity contribution in [1.29, 1.82) is 0 Å². The number of carboxylic acids is 1. The van der Waals surface area contributed by atoms with Gasteiger partial charge in [0.2, 0.25) is 0 Å². The van der Waals surface area contributed by atoms with Crippen LogP contribution >= 0.6 is 0 Å². The third-order valence-electron chi connectivity index (χ3n) is 3.08. The van der Waals surface area contributed by atoms with Crippen molar-refractivity contribution in [2.45, 2.75) is 32.2 Å². The number of ether oxygens (including phenoxy) is 1. The summed E-state index contributed by atoms with van der Waals surface area (Å²) in [7, 11) is 1.61. The summed E-state index contributed by atoms with van der Waals surface area (Å²) in [6.45, 7) is 5.89. The van der Waals surface area contributed by atoms with E-state index in [9.17, 15) is 4.79 Å². The maximum absolute atomic E-state index is 11.1. The summed E-state index contributed by atoms with van der Waals surface area (Å²) < 4.78 is 5.57. The minimum atomic E-state index is -1.08. The van der Waals surface area contributed by atoms with E-state index < -0.39 is 11.5 Å². The van der Waals surface area contributed by atoms with Crippen LogP contribution in [0.25, 0.3) is 0 Å². The molecular weight excluding hydrogens is 230 g/mol. The molecule has 0 spiro atoms. The summed E-state index contributed by atoms with van der Waals surface area (Å²) >= 11 is 0. The van der Waals surface area contributed by atoms with Crippen molar-refractivity contribution >= 4 is 5.97 Å². The van der Waals surface area contributed by atoms with Crippen LogP contribution in [0.3, 0.4) is 0 Å². The lowest BCUT2D eigenvalue weighted by molar-refractivity contribution is -0.145. The monoisotopic (exact) mass is 251 g/mol. The van der Waals surface area contributed by atoms with E-state index in [1.165, 1.54) is 5.56 Å². The van der Waals surface area contributed by atoms with Crippen molar-refractivity contribution in [3.63, 3.8) is 0 Å². The van der Waals surface area contributed by atoms with Gasteiger partial charge in [-0.1, -0.05) is 26.0 Å². The highest BCUT2D eigenvalue weighted by Crippen LogP contribution is 2.21. The molecule has 4 heteroatoms. The average molecular weight is 251 g/mol. The van der Waals surface area contributed by atoms with Crippen molar-refractivity contribution < 1.29 is 14.6 Å². The molecule has 4 nitrogen and oxygen atoms in total. The van der Waals surface area contributed by atoms with Crippen molar-refractivity contribution in [1.82, 2.24) is 5.32 Å². The standard InChI is InChI=1S/C14H21NO3/c1-10(2)11-6-5-7-12(8-11)18-9-14(3,15-4)13(16)17/h5-8,10,15H,9H2,1-4H3,(H,16,17). The molecule has 0 aliphatic rings. The minimum Gasteiger partial charge on any atom is -0.491 e. The summed E-state index contributed by atoms with van der Waals surface area (Å²) in [5.41, 5.74) is 0.0994. The lowest BCUT2D eigenvalue weighted by atomic mass is 10.0. The number of benzene rings is 1. The Morgan fingerprint density at radius 3 is 2.67 bits per heavy atom. The van der Waals surface area contributed by atoms with E-state index in [4.69, 9.17) is 9.84 Å². The molecule has 1 rings (SSSR count). The Bertz CT molecular complexity index is 417. The molecular formula is C14H21NO3. The van der Waals surface area contributed by atoms with Crippen LogP contribution < -0.4 is 10.1 Å². The van der Waals surface area contributed by atoms with E-state index in [2.05, 4.69) is 19.2 Å². The molecule has 0 saturated heterocycles. The maximum atomic E-state index is 11.1. The molecule has 0 bridgehead atoms. The van der Waals surface area contributed by atoms with Crippen LogP contribution in [0.5, 0.6) is 5.75 Å². The quantitative estimate of drug-likeness (QED) is 0.814. The Hall–Kier alpha value is -1.55. The molecule has 1 atom stereocenters. The fourth-order valence-corrected chi connectivity index (χ4v) is 1.43. The zero-order valence-electron chi connectivity index (χ0n) is 11.4. The molecule has 0 aliphatic heterocycles. The number of carbonyl (C=O) groups is 1. The van der Waals surface area contributed by atoms with Gasteiger partial charge >= 0.3 is 5.97 Å². The maximum Gasteiger partial charge on any atom is 0.327 e. The van der Waals surface area contributed by atoms with Gasteiger partial charge in [0.05, 0.1) is 0 Å². The Morgan fingerprint density at radius 1 is 1.50 bits per heavy atom. The molecule has 100 valence electrons. The number of aliphatic carboxylic acids is 1. The topological polar surface area (TPSA) is 58.6 Å². The van der Waals surface area contributed by atoms with Crippen molar-refractivity contribution in [2.75, 3.05) is 13.7 Å². The summed E-state index contributed by atoms with van der Waals surface area (Å²) in [5, 5.41) is 11.9. The SMILES string of the molecule is CNC(C)(COc1cccc(C(C)C)c1)C(=O)O. The van der Waals surface area contributed by atoms with Gasteiger partial charge in [-0.3, -0.25) is 4.79 Å². The molecule has 0 amide bonds. The van der Waals surface area contributed by atoms with Crippen molar-refractivity contribution in [3.05, 3.63) is 29.8 Å². The molecule has 0 radical (unpaired) electrons. The summed E-state index contributed by atoms with van der Waals surface area (Å²) in [5.74, 6) is 0.192. The first kappa shape index (κ1) is 14.5. The zero-order valence-corrected chi connectivity index (χ0v) is 11.4. The highest BCUT2D eigenvalue weighted by molar-refractivity contribution is 5.78. The summed E-state index contributed by atoms with van der Waals surface area (Å²) in [6.07, 6.45) is 0. The van der Waals surface area contributed by atoms with Crippen LogP contribution in [-0.2, 0) is 4.79 Å². The summed E-state index contributed by atoms with van der Waals surface area (Å²) in [6, 6.07) is 7.74. The van der Waals surface area contributed by atoms with E-state index in [0.717, 1.165) is 0 Å². The Labute approximate surface area is 108 Å². The van der Waals surface area contributed by atoms with E-state index in [0.29, 0.717) is 11.7 Å². The van der Waals surface area contributed by atoms with Gasteiger partial charge in [0.1, 0.15) is 17.9 Å². The Kier molecular flexibility index (Phi) is 4.73. The lowest BCUT2D eigenvalue weighted by Crippen LogP contribution is -2.52. The second-order valence-corrected chi connectivity index (χ2v) is 4.90.